The van der Waals surface area contributed by atoms with Gasteiger partial charge in [0.2, 0.25) is 0 Å². The number of likely N-dealkylation sites (tertiary alicyclic amines) is 1. The van der Waals surface area contributed by atoms with Gasteiger partial charge in [0.1, 0.15) is 5.82 Å². The summed E-state index contributed by atoms with van der Waals surface area (Å²) in [5.74, 6) is 2.42. The van der Waals surface area contributed by atoms with Crippen LogP contribution in [0.1, 0.15) is 36.0 Å². The van der Waals surface area contributed by atoms with E-state index in [1.54, 1.807) is 0 Å². The molecule has 0 saturated carbocycles. The maximum absolute atomic E-state index is 4.55. The maximum atomic E-state index is 4.55. The molecule has 6 heteroatoms. The van der Waals surface area contributed by atoms with Gasteiger partial charge in [-0.1, -0.05) is 30.3 Å². The average Bonchev–Trinajstić information content (AvgIpc) is 3.15. The van der Waals surface area contributed by atoms with Gasteiger partial charge in [-0.05, 0) is 31.9 Å². The van der Waals surface area contributed by atoms with Crippen molar-refractivity contribution in [2.45, 2.75) is 32.2 Å². The van der Waals surface area contributed by atoms with Gasteiger partial charge in [-0.3, -0.25) is 14.9 Å². The molecule has 3 heterocycles. The molecule has 0 spiro atoms. The van der Waals surface area contributed by atoms with Crippen LogP contribution in [0.3, 0.4) is 0 Å². The van der Waals surface area contributed by atoms with Gasteiger partial charge in [0, 0.05) is 58.3 Å². The van der Waals surface area contributed by atoms with E-state index in [1.807, 2.05) is 6.92 Å². The molecule has 2 aliphatic heterocycles. The van der Waals surface area contributed by atoms with Gasteiger partial charge in [-0.2, -0.15) is 5.10 Å². The molecule has 1 atom stereocenters. The van der Waals surface area contributed by atoms with Crippen molar-refractivity contribution < 1.29 is 0 Å². The van der Waals surface area contributed by atoms with Gasteiger partial charge in [0.05, 0.1) is 0 Å². The number of hydrogen-bond donors (Lipinski definition) is 1. The zero-order valence-corrected chi connectivity index (χ0v) is 16.5. The summed E-state index contributed by atoms with van der Waals surface area (Å²) in [7, 11) is 0. The molecule has 0 radical (unpaired) electrons. The van der Waals surface area contributed by atoms with Crippen LogP contribution in [0.25, 0.3) is 0 Å². The van der Waals surface area contributed by atoms with Crippen molar-refractivity contribution in [1.82, 2.24) is 29.9 Å². The third-order valence-electron chi connectivity index (χ3n) is 5.93. The van der Waals surface area contributed by atoms with E-state index in [2.05, 4.69) is 60.2 Å². The summed E-state index contributed by atoms with van der Waals surface area (Å²) in [6.45, 7) is 12.4. The van der Waals surface area contributed by atoms with E-state index < -0.39 is 0 Å². The molecule has 0 unspecified atom stereocenters. The van der Waals surface area contributed by atoms with Crippen molar-refractivity contribution in [3.05, 3.63) is 47.5 Å². The van der Waals surface area contributed by atoms with Crippen molar-refractivity contribution in [1.29, 1.82) is 0 Å². The van der Waals surface area contributed by atoms with Crippen LogP contribution < -0.4 is 0 Å². The summed E-state index contributed by atoms with van der Waals surface area (Å²) < 4.78 is 0. The zero-order chi connectivity index (χ0) is 18.5. The van der Waals surface area contributed by atoms with Crippen molar-refractivity contribution >= 4 is 0 Å². The third kappa shape index (κ3) is 5.15. The fraction of sp³-hybridized carbons (Fsp3) is 0.619. The monoisotopic (exact) mass is 368 g/mol. The third-order valence-corrected chi connectivity index (χ3v) is 5.93. The first kappa shape index (κ1) is 18.6. The standard InChI is InChI=1S/C21H32N6/c1-18-22-21(24-23-18)20-8-5-9-26(17-20)13-10-25-11-14-27(15-12-25)16-19-6-3-2-4-7-19/h2-4,6-7,20H,5,8-17H2,1H3,(H,22,23,24)/t20-/m0/s1. The van der Waals surface area contributed by atoms with Crippen LogP contribution in [0.2, 0.25) is 0 Å². The Morgan fingerprint density at radius 1 is 0.963 bits per heavy atom. The van der Waals surface area contributed by atoms with Gasteiger partial charge >= 0.3 is 0 Å². The highest BCUT2D eigenvalue weighted by molar-refractivity contribution is 5.14. The zero-order valence-electron chi connectivity index (χ0n) is 16.5. The molecule has 1 aromatic heterocycles. The van der Waals surface area contributed by atoms with Crippen LogP contribution in [-0.4, -0.2) is 82.2 Å². The van der Waals surface area contributed by atoms with Crippen molar-refractivity contribution in [2.24, 2.45) is 0 Å². The number of nitrogens with one attached hydrogen (secondary N) is 1. The molecule has 2 aromatic rings. The van der Waals surface area contributed by atoms with Crippen LogP contribution in [0.5, 0.6) is 0 Å². The van der Waals surface area contributed by atoms with Gasteiger partial charge in [0.15, 0.2) is 5.82 Å². The Morgan fingerprint density at radius 2 is 1.70 bits per heavy atom. The molecule has 0 aliphatic carbocycles. The SMILES string of the molecule is Cc1nc([C@H]2CCCN(CCN3CCN(Cc4ccccc4)CC3)C2)n[nH]1. The first-order valence-electron chi connectivity index (χ1n) is 10.4. The van der Waals surface area contributed by atoms with Crippen molar-refractivity contribution in [2.75, 3.05) is 52.4 Å². The lowest BCUT2D eigenvalue weighted by Gasteiger charge is -2.37. The Morgan fingerprint density at radius 3 is 2.44 bits per heavy atom. The number of nitrogens with zero attached hydrogens (tertiary/aromatic N) is 5. The van der Waals surface area contributed by atoms with Gasteiger partial charge in [0.25, 0.3) is 0 Å². The molecule has 6 nitrogen and oxygen atoms in total. The van der Waals surface area contributed by atoms with E-state index in [1.165, 1.54) is 64.2 Å². The van der Waals surface area contributed by atoms with E-state index in [9.17, 15) is 0 Å². The number of benzene rings is 1. The lowest BCUT2D eigenvalue weighted by molar-refractivity contribution is 0.107. The summed E-state index contributed by atoms with van der Waals surface area (Å²) in [6, 6.07) is 10.8. The average molecular weight is 369 g/mol. The maximum Gasteiger partial charge on any atom is 0.155 e. The Balaban J connectivity index is 1.18. The van der Waals surface area contributed by atoms with E-state index in [0.717, 1.165) is 24.7 Å². The van der Waals surface area contributed by atoms with Gasteiger partial charge in [-0.15, -0.1) is 0 Å². The smallest absolute Gasteiger partial charge is 0.155 e. The predicted octanol–water partition coefficient (Wildman–Crippen LogP) is 2.11. The lowest BCUT2D eigenvalue weighted by atomic mass is 9.97. The Labute approximate surface area is 162 Å². The van der Waals surface area contributed by atoms with Crippen molar-refractivity contribution in [3.63, 3.8) is 0 Å². The number of aromatic nitrogens is 3. The first-order valence-corrected chi connectivity index (χ1v) is 10.4. The second-order valence-electron chi connectivity index (χ2n) is 8.02. The highest BCUT2D eigenvalue weighted by atomic mass is 15.3. The predicted molar refractivity (Wildman–Crippen MR) is 108 cm³/mol. The second-order valence-corrected chi connectivity index (χ2v) is 8.02. The number of aryl methyl sites for hydroxylation is 1. The molecule has 1 aromatic carbocycles. The van der Waals surface area contributed by atoms with E-state index in [0.29, 0.717) is 5.92 Å². The van der Waals surface area contributed by atoms with Gasteiger partial charge < -0.3 is 4.90 Å². The molecule has 27 heavy (non-hydrogen) atoms. The largest absolute Gasteiger partial charge is 0.301 e. The summed E-state index contributed by atoms with van der Waals surface area (Å²) >= 11 is 0. The minimum Gasteiger partial charge on any atom is -0.301 e. The lowest BCUT2D eigenvalue weighted by Crippen LogP contribution is -2.48. The molecule has 0 amide bonds. The highest BCUT2D eigenvalue weighted by Gasteiger charge is 2.25. The second kappa shape index (κ2) is 8.95. The Kier molecular flexibility index (Phi) is 6.17. The summed E-state index contributed by atoms with van der Waals surface area (Å²) in [6.07, 6.45) is 2.47. The number of rotatable bonds is 6. The van der Waals surface area contributed by atoms with Crippen LogP contribution in [-0.2, 0) is 6.54 Å². The molecule has 4 rings (SSSR count). The first-order chi connectivity index (χ1) is 13.3. The van der Waals surface area contributed by atoms with Crippen LogP contribution in [0.4, 0.5) is 0 Å². The number of aromatic amines is 1. The number of piperidine rings is 1. The van der Waals surface area contributed by atoms with E-state index in [-0.39, 0.29) is 0 Å². The minimum absolute atomic E-state index is 0.492. The Bertz CT molecular complexity index is 692. The number of hydrogen-bond acceptors (Lipinski definition) is 5. The molecule has 2 fully saturated rings. The van der Waals surface area contributed by atoms with Crippen LogP contribution >= 0.6 is 0 Å². The fourth-order valence-electron chi connectivity index (χ4n) is 4.31. The summed E-state index contributed by atoms with van der Waals surface area (Å²) in [4.78, 5) is 12.4. The molecule has 146 valence electrons. The highest BCUT2D eigenvalue weighted by Crippen LogP contribution is 2.24. The molecular formula is C21H32N6. The molecule has 2 aliphatic rings. The van der Waals surface area contributed by atoms with Crippen molar-refractivity contribution in [3.8, 4) is 0 Å². The Hall–Kier alpha value is -1.76. The molecular weight excluding hydrogens is 336 g/mol. The van der Waals surface area contributed by atoms with Crippen LogP contribution in [0, 0.1) is 6.92 Å². The summed E-state index contributed by atoms with van der Waals surface area (Å²) in [5.41, 5.74) is 1.42. The molecule has 0 bridgehead atoms. The quantitative estimate of drug-likeness (QED) is 0.846. The number of H-pyrrole nitrogens is 1. The topological polar surface area (TPSA) is 51.3 Å². The van der Waals surface area contributed by atoms with E-state index in [4.69, 9.17) is 0 Å². The minimum atomic E-state index is 0.492. The number of piperazine rings is 1. The molecule has 2 saturated heterocycles. The molecule has 1 N–H and O–H groups in total. The van der Waals surface area contributed by atoms with E-state index >= 15 is 0 Å². The normalized spacial score (nSPS) is 22.9. The van der Waals surface area contributed by atoms with Gasteiger partial charge in [-0.25, -0.2) is 4.98 Å². The summed E-state index contributed by atoms with van der Waals surface area (Å²) in [5, 5.41) is 7.38. The fourth-order valence-corrected chi connectivity index (χ4v) is 4.31. The van der Waals surface area contributed by atoms with Crippen LogP contribution in [0.15, 0.2) is 30.3 Å².